The molecule has 1 rings (SSSR count). The van der Waals surface area contributed by atoms with E-state index < -0.39 is 10.0 Å². The van der Waals surface area contributed by atoms with E-state index in [1.165, 1.54) is 0 Å². The normalized spacial score (nSPS) is 11.8. The van der Waals surface area contributed by atoms with Crippen LogP contribution >= 0.6 is 0 Å². The highest BCUT2D eigenvalue weighted by atomic mass is 32.2. The Bertz CT molecular complexity index is 513. The van der Waals surface area contributed by atoms with Crippen LogP contribution in [0.1, 0.15) is 27.2 Å². The van der Waals surface area contributed by atoms with E-state index in [4.69, 9.17) is 0 Å². The standard InChI is InChI=1S/C15H27N3O2S/c1-4-16-14-10-7-8-11-15(14)21(19,20)17-12-9-13-18(5-2)6-3/h7-8,10-11,16-17H,4-6,9,12-13H2,1-3H3. The zero-order valence-electron chi connectivity index (χ0n) is 13.2. The summed E-state index contributed by atoms with van der Waals surface area (Å²) in [5.74, 6) is 0. The molecule has 6 heteroatoms. The minimum atomic E-state index is -3.46. The lowest BCUT2D eigenvalue weighted by Crippen LogP contribution is -2.30. The molecule has 0 aromatic heterocycles. The van der Waals surface area contributed by atoms with E-state index in [2.05, 4.69) is 28.8 Å². The Kier molecular flexibility index (Phi) is 7.71. The van der Waals surface area contributed by atoms with Gasteiger partial charge in [0.05, 0.1) is 5.69 Å². The van der Waals surface area contributed by atoms with Gasteiger partial charge in [-0.1, -0.05) is 26.0 Å². The molecule has 0 radical (unpaired) electrons. The molecule has 120 valence electrons. The largest absolute Gasteiger partial charge is 0.384 e. The van der Waals surface area contributed by atoms with E-state index in [0.29, 0.717) is 23.7 Å². The molecular formula is C15H27N3O2S. The Hall–Kier alpha value is -1.11. The minimum absolute atomic E-state index is 0.315. The summed E-state index contributed by atoms with van der Waals surface area (Å²) in [4.78, 5) is 2.59. The zero-order valence-corrected chi connectivity index (χ0v) is 14.0. The van der Waals surface area contributed by atoms with Crippen LogP contribution in [0.4, 0.5) is 5.69 Å². The second-order valence-electron chi connectivity index (χ2n) is 4.80. The molecule has 0 unspecified atom stereocenters. The molecule has 0 spiro atoms. The maximum Gasteiger partial charge on any atom is 0.242 e. The molecule has 0 fully saturated rings. The molecule has 0 aliphatic carbocycles. The third-order valence-corrected chi connectivity index (χ3v) is 4.90. The monoisotopic (exact) mass is 313 g/mol. The van der Waals surface area contributed by atoms with E-state index in [1.54, 1.807) is 18.2 Å². The first-order chi connectivity index (χ1) is 10.0. The Labute approximate surface area is 128 Å². The van der Waals surface area contributed by atoms with Crippen molar-refractivity contribution in [2.45, 2.75) is 32.1 Å². The summed E-state index contributed by atoms with van der Waals surface area (Å²) >= 11 is 0. The van der Waals surface area contributed by atoms with Gasteiger partial charge in [-0.05, 0) is 45.1 Å². The topological polar surface area (TPSA) is 61.4 Å². The van der Waals surface area contributed by atoms with Crippen molar-refractivity contribution in [3.05, 3.63) is 24.3 Å². The Morgan fingerprint density at radius 3 is 2.38 bits per heavy atom. The van der Waals surface area contributed by atoms with Gasteiger partial charge in [0.25, 0.3) is 0 Å². The van der Waals surface area contributed by atoms with Crippen LogP contribution in [-0.4, -0.2) is 46.0 Å². The van der Waals surface area contributed by atoms with Gasteiger partial charge in [-0.2, -0.15) is 0 Å². The fourth-order valence-electron chi connectivity index (χ4n) is 2.16. The number of nitrogens with zero attached hydrogens (tertiary/aromatic N) is 1. The van der Waals surface area contributed by atoms with Crippen LogP contribution < -0.4 is 10.0 Å². The molecule has 5 nitrogen and oxygen atoms in total. The van der Waals surface area contributed by atoms with Crippen LogP contribution in [0.15, 0.2) is 29.2 Å². The second-order valence-corrected chi connectivity index (χ2v) is 6.54. The molecular weight excluding hydrogens is 286 g/mol. The lowest BCUT2D eigenvalue weighted by atomic mass is 10.3. The second kappa shape index (κ2) is 9.02. The Balaban J connectivity index is 2.61. The highest BCUT2D eigenvalue weighted by Crippen LogP contribution is 2.20. The first-order valence-electron chi connectivity index (χ1n) is 7.60. The van der Waals surface area contributed by atoms with Crippen molar-refractivity contribution in [3.63, 3.8) is 0 Å². The molecule has 21 heavy (non-hydrogen) atoms. The third kappa shape index (κ3) is 5.65. The summed E-state index contributed by atoms with van der Waals surface area (Å²) in [6, 6.07) is 6.99. The van der Waals surface area contributed by atoms with Crippen LogP contribution in [-0.2, 0) is 10.0 Å². The van der Waals surface area contributed by atoms with Gasteiger partial charge in [-0.25, -0.2) is 13.1 Å². The van der Waals surface area contributed by atoms with Crippen molar-refractivity contribution in [2.75, 3.05) is 38.0 Å². The smallest absolute Gasteiger partial charge is 0.242 e. The van der Waals surface area contributed by atoms with E-state index in [0.717, 1.165) is 26.1 Å². The SMILES string of the molecule is CCNc1ccccc1S(=O)(=O)NCCCN(CC)CC. The summed E-state index contributed by atoms with van der Waals surface area (Å²) in [6.45, 7) is 10.2. The number of hydrogen-bond acceptors (Lipinski definition) is 4. The average Bonchev–Trinajstić information content (AvgIpc) is 2.48. The van der Waals surface area contributed by atoms with Gasteiger partial charge in [0.2, 0.25) is 10.0 Å². The van der Waals surface area contributed by atoms with E-state index in [1.807, 2.05) is 13.0 Å². The molecule has 1 aromatic carbocycles. The predicted octanol–water partition coefficient (Wildman–Crippen LogP) is 2.13. The first kappa shape index (κ1) is 17.9. The summed E-state index contributed by atoms with van der Waals surface area (Å²) in [5.41, 5.74) is 0.649. The van der Waals surface area contributed by atoms with Gasteiger partial charge in [0, 0.05) is 13.1 Å². The fourth-order valence-corrected chi connectivity index (χ4v) is 3.42. The molecule has 0 amide bonds. The van der Waals surface area contributed by atoms with Crippen molar-refractivity contribution in [3.8, 4) is 0 Å². The minimum Gasteiger partial charge on any atom is -0.384 e. The van der Waals surface area contributed by atoms with Crippen molar-refractivity contribution < 1.29 is 8.42 Å². The van der Waals surface area contributed by atoms with Gasteiger partial charge < -0.3 is 10.2 Å². The number of anilines is 1. The van der Waals surface area contributed by atoms with Gasteiger partial charge in [-0.15, -0.1) is 0 Å². The molecule has 0 saturated heterocycles. The van der Waals surface area contributed by atoms with Crippen LogP contribution in [0.5, 0.6) is 0 Å². The fraction of sp³-hybridized carbons (Fsp3) is 0.600. The number of rotatable bonds is 10. The number of nitrogens with one attached hydrogen (secondary N) is 2. The highest BCUT2D eigenvalue weighted by molar-refractivity contribution is 7.89. The van der Waals surface area contributed by atoms with Gasteiger partial charge in [0.1, 0.15) is 4.90 Å². The van der Waals surface area contributed by atoms with E-state index >= 15 is 0 Å². The van der Waals surface area contributed by atoms with E-state index in [9.17, 15) is 8.42 Å². The lowest BCUT2D eigenvalue weighted by molar-refractivity contribution is 0.300. The Morgan fingerprint density at radius 2 is 1.76 bits per heavy atom. The van der Waals surface area contributed by atoms with Crippen LogP contribution in [0.25, 0.3) is 0 Å². The van der Waals surface area contributed by atoms with Crippen LogP contribution in [0.2, 0.25) is 0 Å². The quantitative estimate of drug-likeness (QED) is 0.650. The van der Waals surface area contributed by atoms with E-state index in [-0.39, 0.29) is 0 Å². The maximum absolute atomic E-state index is 12.3. The van der Waals surface area contributed by atoms with Gasteiger partial charge in [0.15, 0.2) is 0 Å². The molecule has 0 atom stereocenters. The lowest BCUT2D eigenvalue weighted by Gasteiger charge is -2.18. The summed E-state index contributed by atoms with van der Waals surface area (Å²) in [7, 11) is -3.46. The highest BCUT2D eigenvalue weighted by Gasteiger charge is 2.17. The molecule has 0 saturated carbocycles. The van der Waals surface area contributed by atoms with Crippen LogP contribution in [0, 0.1) is 0 Å². The zero-order chi connectivity index (χ0) is 15.7. The van der Waals surface area contributed by atoms with Gasteiger partial charge >= 0.3 is 0 Å². The van der Waals surface area contributed by atoms with Crippen LogP contribution in [0.3, 0.4) is 0 Å². The molecule has 0 aliphatic heterocycles. The first-order valence-corrected chi connectivity index (χ1v) is 9.08. The molecule has 0 heterocycles. The molecule has 0 bridgehead atoms. The van der Waals surface area contributed by atoms with Crippen molar-refractivity contribution in [2.24, 2.45) is 0 Å². The molecule has 1 aromatic rings. The Morgan fingerprint density at radius 1 is 1.10 bits per heavy atom. The van der Waals surface area contributed by atoms with Crippen molar-refractivity contribution >= 4 is 15.7 Å². The summed E-state index contributed by atoms with van der Waals surface area (Å²) in [6.07, 6.45) is 0.810. The summed E-state index contributed by atoms with van der Waals surface area (Å²) < 4.78 is 27.4. The summed E-state index contributed by atoms with van der Waals surface area (Å²) in [5, 5.41) is 3.08. The molecule has 2 N–H and O–H groups in total. The number of para-hydroxylation sites is 1. The average molecular weight is 313 g/mol. The number of hydrogen-bond donors (Lipinski definition) is 2. The maximum atomic E-state index is 12.3. The number of sulfonamides is 1. The van der Waals surface area contributed by atoms with Crippen molar-refractivity contribution in [1.29, 1.82) is 0 Å². The predicted molar refractivity (Wildman–Crippen MR) is 88.2 cm³/mol. The number of benzene rings is 1. The van der Waals surface area contributed by atoms with Gasteiger partial charge in [-0.3, -0.25) is 0 Å². The molecule has 0 aliphatic rings. The van der Waals surface area contributed by atoms with Crippen molar-refractivity contribution in [1.82, 2.24) is 9.62 Å². The third-order valence-electron chi connectivity index (χ3n) is 3.38.